The van der Waals surface area contributed by atoms with Crippen molar-refractivity contribution in [2.45, 2.75) is 18.4 Å². The van der Waals surface area contributed by atoms with E-state index >= 15 is 0 Å². The monoisotopic (exact) mass is 572 g/mol. The molecule has 6 heteroatoms. The summed E-state index contributed by atoms with van der Waals surface area (Å²) >= 11 is 0. The van der Waals surface area contributed by atoms with Crippen LogP contribution < -0.4 is 19.6 Å². The minimum Gasteiger partial charge on any atom is -0.499 e. The van der Waals surface area contributed by atoms with Gasteiger partial charge in [-0.15, -0.1) is 0 Å². The molecule has 0 N–H and O–H groups in total. The number of rotatable bonds is 10. The summed E-state index contributed by atoms with van der Waals surface area (Å²) in [6.07, 6.45) is 0.767. The number of hydrogen-bond donors (Lipinski definition) is 0. The van der Waals surface area contributed by atoms with Crippen LogP contribution in [0.15, 0.2) is 103 Å². The van der Waals surface area contributed by atoms with Crippen molar-refractivity contribution < 1.29 is 4.70 Å². The van der Waals surface area contributed by atoms with Gasteiger partial charge in [-0.2, -0.15) is 0 Å². The van der Waals surface area contributed by atoms with Gasteiger partial charge in [-0.1, -0.05) is 48.5 Å². The molecule has 0 radical (unpaired) electrons. The number of anilines is 4. The normalized spacial score (nSPS) is 14.1. The molecule has 1 heterocycles. The Labute approximate surface area is 257 Å². The number of benzene rings is 4. The third kappa shape index (κ3) is 6.43. The lowest BCUT2D eigenvalue weighted by Crippen LogP contribution is -2.11. The fraction of sp³-hybridized carbons (Fsp3) is 0.297. The Morgan fingerprint density at radius 2 is 0.837 bits per heavy atom. The standard InChI is InChI=1S/C37H44N6/c1-39(2)30-17-9-26(10-18-30)34(27-11-19-31(20-12-27)40(3)4)25-35-37(43(35)38)36(28-13-21-32(22-14-28)41(5)6)29-15-23-33(24-16-29)42(7)8/h9-24,34-35H,25H2,1-8H3. The highest BCUT2D eigenvalue weighted by Crippen LogP contribution is 2.45. The molecule has 1 aliphatic heterocycles. The minimum absolute atomic E-state index is 0.0934. The summed E-state index contributed by atoms with van der Waals surface area (Å²) in [7, 11) is 16.5. The molecule has 1 unspecified atom stereocenters. The second-order valence-electron chi connectivity index (χ2n) is 12.3. The van der Waals surface area contributed by atoms with Gasteiger partial charge >= 0.3 is 0 Å². The highest BCUT2D eigenvalue weighted by atomic mass is 15.3. The summed E-state index contributed by atoms with van der Waals surface area (Å²) in [5, 5.41) is 0. The topological polar surface area (TPSA) is 38.3 Å². The molecule has 4 aromatic carbocycles. The summed E-state index contributed by atoms with van der Waals surface area (Å²) < 4.78 is 1.48. The van der Waals surface area contributed by atoms with Crippen molar-refractivity contribution in [3.05, 3.63) is 131 Å². The van der Waals surface area contributed by atoms with Gasteiger partial charge in [0.05, 0.1) is 5.57 Å². The first kappa shape index (κ1) is 29.9. The van der Waals surface area contributed by atoms with Gasteiger partial charge in [-0.05, 0) is 70.8 Å². The molecular formula is C37H44N6. The minimum atomic E-state index is -0.0934. The maximum absolute atomic E-state index is 11.4. The van der Waals surface area contributed by atoms with Gasteiger partial charge in [0.1, 0.15) is 0 Å². The second kappa shape index (κ2) is 12.3. The van der Waals surface area contributed by atoms with Gasteiger partial charge in [0.15, 0.2) is 0 Å². The Hall–Kier alpha value is -4.58. The third-order valence-electron chi connectivity index (χ3n) is 8.47. The predicted molar refractivity (Wildman–Crippen MR) is 183 cm³/mol. The fourth-order valence-corrected chi connectivity index (χ4v) is 5.73. The zero-order chi connectivity index (χ0) is 30.8. The Balaban J connectivity index is 1.56. The van der Waals surface area contributed by atoms with Crippen molar-refractivity contribution in [3.63, 3.8) is 0 Å². The molecule has 0 saturated carbocycles. The Morgan fingerprint density at radius 1 is 0.535 bits per heavy atom. The largest absolute Gasteiger partial charge is 0.499 e. The van der Waals surface area contributed by atoms with Crippen LogP contribution in [0, 0.1) is 0 Å². The SMILES string of the molecule is CN(C)c1ccc(C(=C2C(CC(c3ccc(N(C)C)cc3)c3ccc(N(C)C)cc3)[N+]2=[N-])c2ccc(N(C)C)cc2)cc1. The van der Waals surface area contributed by atoms with E-state index in [9.17, 15) is 5.53 Å². The van der Waals surface area contributed by atoms with Crippen LogP contribution in [0.4, 0.5) is 22.7 Å². The van der Waals surface area contributed by atoms with Gasteiger partial charge in [0.25, 0.3) is 0 Å². The molecule has 1 aliphatic rings. The average molecular weight is 573 g/mol. The third-order valence-corrected chi connectivity index (χ3v) is 8.47. The van der Waals surface area contributed by atoms with E-state index in [-0.39, 0.29) is 12.0 Å². The van der Waals surface area contributed by atoms with Crippen molar-refractivity contribution in [2.24, 2.45) is 0 Å². The van der Waals surface area contributed by atoms with E-state index in [0.717, 1.165) is 40.2 Å². The van der Waals surface area contributed by atoms with E-state index < -0.39 is 0 Å². The van der Waals surface area contributed by atoms with Crippen LogP contribution in [-0.2, 0) is 0 Å². The first-order valence-electron chi connectivity index (χ1n) is 14.9. The lowest BCUT2D eigenvalue weighted by atomic mass is 9.86. The maximum atomic E-state index is 11.4. The Morgan fingerprint density at radius 3 is 1.14 bits per heavy atom. The molecule has 6 nitrogen and oxygen atoms in total. The molecule has 1 saturated heterocycles. The van der Waals surface area contributed by atoms with Crippen molar-refractivity contribution in [3.8, 4) is 0 Å². The first-order valence-corrected chi connectivity index (χ1v) is 14.9. The molecule has 43 heavy (non-hydrogen) atoms. The van der Waals surface area contributed by atoms with Crippen LogP contribution >= 0.6 is 0 Å². The molecule has 0 bridgehead atoms. The predicted octanol–water partition coefficient (Wildman–Crippen LogP) is 7.35. The van der Waals surface area contributed by atoms with E-state index in [1.807, 2.05) is 0 Å². The highest BCUT2D eigenvalue weighted by molar-refractivity contribution is 5.84. The highest BCUT2D eigenvalue weighted by Gasteiger charge is 2.49. The fourth-order valence-electron chi connectivity index (χ4n) is 5.73. The number of nitrogens with zero attached hydrogens (tertiary/aromatic N) is 6. The van der Waals surface area contributed by atoms with Crippen LogP contribution in [0.2, 0.25) is 0 Å². The van der Waals surface area contributed by atoms with Crippen molar-refractivity contribution in [1.82, 2.24) is 0 Å². The van der Waals surface area contributed by atoms with E-state index in [2.05, 4.69) is 173 Å². The summed E-state index contributed by atoms with van der Waals surface area (Å²) in [6.45, 7) is 0. The molecule has 5 rings (SSSR count). The second-order valence-corrected chi connectivity index (χ2v) is 12.3. The van der Waals surface area contributed by atoms with Crippen LogP contribution in [0.25, 0.3) is 11.1 Å². The molecular weight excluding hydrogens is 528 g/mol. The van der Waals surface area contributed by atoms with Gasteiger partial charge < -0.3 is 25.1 Å². The quantitative estimate of drug-likeness (QED) is 0.147. The summed E-state index contributed by atoms with van der Waals surface area (Å²) in [5.74, 6) is 0.123. The van der Waals surface area contributed by atoms with Gasteiger partial charge in [0.2, 0.25) is 11.7 Å². The molecule has 4 aromatic rings. The van der Waals surface area contributed by atoms with Crippen molar-refractivity contribution >= 4 is 28.3 Å². The summed E-state index contributed by atoms with van der Waals surface area (Å²) in [4.78, 5) is 8.46. The first-order chi connectivity index (χ1) is 20.5. The van der Waals surface area contributed by atoms with Gasteiger partial charge in [0, 0.05) is 91.5 Å². The van der Waals surface area contributed by atoms with Crippen LogP contribution in [0.5, 0.6) is 0 Å². The van der Waals surface area contributed by atoms with Crippen LogP contribution in [0.3, 0.4) is 0 Å². The van der Waals surface area contributed by atoms with E-state index in [1.54, 1.807) is 0 Å². The van der Waals surface area contributed by atoms with Gasteiger partial charge in [-0.25, -0.2) is 0 Å². The van der Waals surface area contributed by atoms with E-state index in [1.165, 1.54) is 27.2 Å². The molecule has 1 atom stereocenters. The molecule has 0 aliphatic carbocycles. The maximum Gasteiger partial charge on any atom is 0.248 e. The smallest absolute Gasteiger partial charge is 0.248 e. The Bertz CT molecular complexity index is 1470. The van der Waals surface area contributed by atoms with Crippen molar-refractivity contribution in [2.75, 3.05) is 76.0 Å². The average Bonchev–Trinajstić information content (AvgIpc) is 3.63. The van der Waals surface area contributed by atoms with E-state index in [0.29, 0.717) is 0 Å². The van der Waals surface area contributed by atoms with Crippen LogP contribution in [0.1, 0.15) is 34.6 Å². The summed E-state index contributed by atoms with van der Waals surface area (Å²) in [5.41, 5.74) is 22.8. The molecule has 0 aromatic heterocycles. The lowest BCUT2D eigenvalue weighted by Gasteiger charge is -2.20. The molecule has 0 spiro atoms. The molecule has 222 valence electrons. The summed E-state index contributed by atoms with van der Waals surface area (Å²) in [6, 6.07) is 34.8. The zero-order valence-electron chi connectivity index (χ0n) is 26.8. The van der Waals surface area contributed by atoms with Gasteiger partial charge in [-0.3, -0.25) is 4.70 Å². The van der Waals surface area contributed by atoms with E-state index in [4.69, 9.17) is 0 Å². The van der Waals surface area contributed by atoms with Crippen molar-refractivity contribution in [1.29, 1.82) is 0 Å². The van der Waals surface area contributed by atoms with Crippen LogP contribution in [-0.4, -0.2) is 67.1 Å². The number of hydrogen-bond acceptors (Lipinski definition) is 4. The lowest BCUT2D eigenvalue weighted by molar-refractivity contribution is -0.363. The Kier molecular flexibility index (Phi) is 8.58. The zero-order valence-corrected chi connectivity index (χ0v) is 26.8. The molecule has 1 fully saturated rings. The molecule has 0 amide bonds.